The molecule has 0 bridgehead atoms. The molecule has 1 aliphatic carbocycles. The molecule has 0 spiro atoms. The van der Waals surface area contributed by atoms with E-state index in [1.807, 2.05) is 0 Å². The summed E-state index contributed by atoms with van der Waals surface area (Å²) >= 11 is 18.1. The first kappa shape index (κ1) is 24.5. The average molecular weight is 531 g/mol. The van der Waals surface area contributed by atoms with E-state index >= 15 is 0 Å². The van der Waals surface area contributed by atoms with Crippen molar-refractivity contribution in [2.75, 3.05) is 10.6 Å². The number of hydrogen-bond donors (Lipinski definition) is 5. The Balaban J connectivity index is 1.78. The molecule has 0 atom stereocenters. The zero-order valence-electron chi connectivity index (χ0n) is 18.1. The number of anilines is 2. The lowest BCUT2D eigenvalue weighted by Crippen LogP contribution is -2.25. The molecule has 0 saturated carbocycles. The molecular formula is C25H18Cl3N3O4. The third-order valence-electron chi connectivity index (χ3n) is 5.12. The molecule has 7 nitrogen and oxygen atoms in total. The van der Waals surface area contributed by atoms with Crippen LogP contribution in [0, 0.1) is 0 Å². The minimum atomic E-state index is -0.332. The number of carbonyl (C=O) groups excluding carboxylic acids is 1. The van der Waals surface area contributed by atoms with Crippen molar-refractivity contribution >= 4 is 63.4 Å². The summed E-state index contributed by atoms with van der Waals surface area (Å²) in [7, 11) is 0. The summed E-state index contributed by atoms with van der Waals surface area (Å²) in [6.07, 6.45) is 1.37. The number of hydrogen-bond acceptors (Lipinski definition) is 7. The van der Waals surface area contributed by atoms with Crippen molar-refractivity contribution in [2.45, 2.75) is 6.92 Å². The molecule has 0 aliphatic heterocycles. The smallest absolute Gasteiger partial charge is 0.204 e. The van der Waals surface area contributed by atoms with Gasteiger partial charge in [0.25, 0.3) is 0 Å². The van der Waals surface area contributed by atoms with Crippen LogP contribution in [0.4, 0.5) is 17.1 Å². The Bertz CT molecular complexity index is 1450. The van der Waals surface area contributed by atoms with E-state index in [9.17, 15) is 20.1 Å². The van der Waals surface area contributed by atoms with Crippen LogP contribution < -0.4 is 10.6 Å². The second-order valence-corrected chi connectivity index (χ2v) is 8.82. The van der Waals surface area contributed by atoms with Crippen LogP contribution in [0.3, 0.4) is 0 Å². The standard InChI is InChI=1S/C25H18Cl3N3O4/c1-12-24(30-14-3-6-21(33)17(27)9-14)19(29-13-2-5-20(32)16(26)8-13)11-23(35)25(12)31-15-4-7-22(34)18(28)10-15/h2-11,29,31-34H,1H3/b30-24-. The highest BCUT2D eigenvalue weighted by Gasteiger charge is 2.25. The highest BCUT2D eigenvalue weighted by Crippen LogP contribution is 2.33. The first-order chi connectivity index (χ1) is 16.6. The number of phenols is 3. The van der Waals surface area contributed by atoms with Crippen molar-refractivity contribution in [1.29, 1.82) is 0 Å². The van der Waals surface area contributed by atoms with E-state index in [1.165, 1.54) is 42.5 Å². The van der Waals surface area contributed by atoms with Crippen molar-refractivity contribution in [3.05, 3.63) is 92.7 Å². The van der Waals surface area contributed by atoms with Crippen LogP contribution in [0.2, 0.25) is 15.1 Å². The second kappa shape index (κ2) is 9.92. The van der Waals surface area contributed by atoms with Gasteiger partial charge < -0.3 is 26.0 Å². The third kappa shape index (κ3) is 5.38. The van der Waals surface area contributed by atoms with Gasteiger partial charge in [0, 0.05) is 23.0 Å². The normalized spacial score (nSPS) is 14.8. The topological polar surface area (TPSA) is 114 Å². The van der Waals surface area contributed by atoms with E-state index in [0.29, 0.717) is 34.0 Å². The average Bonchev–Trinajstić information content (AvgIpc) is 2.81. The molecule has 0 heterocycles. The maximum absolute atomic E-state index is 13.1. The number of halogens is 3. The highest BCUT2D eigenvalue weighted by atomic mass is 35.5. The number of carbonyl (C=O) groups is 1. The lowest BCUT2D eigenvalue weighted by molar-refractivity contribution is -0.111. The lowest BCUT2D eigenvalue weighted by Gasteiger charge is -2.22. The van der Waals surface area contributed by atoms with Crippen molar-refractivity contribution in [3.8, 4) is 17.2 Å². The largest absolute Gasteiger partial charge is 0.506 e. The number of benzene rings is 3. The van der Waals surface area contributed by atoms with Gasteiger partial charge in [-0.1, -0.05) is 34.8 Å². The summed E-state index contributed by atoms with van der Waals surface area (Å²) in [5.41, 5.74) is 3.04. The van der Waals surface area contributed by atoms with Gasteiger partial charge in [-0.3, -0.25) is 4.79 Å². The number of nitrogens with zero attached hydrogens (tertiary/aromatic N) is 1. The summed E-state index contributed by atoms with van der Waals surface area (Å²) in [5.74, 6) is -0.570. The van der Waals surface area contributed by atoms with Gasteiger partial charge in [0.05, 0.1) is 37.9 Å². The lowest BCUT2D eigenvalue weighted by atomic mass is 9.96. The van der Waals surface area contributed by atoms with Crippen molar-refractivity contribution < 1.29 is 20.1 Å². The van der Waals surface area contributed by atoms with Gasteiger partial charge in [0.15, 0.2) is 0 Å². The molecule has 10 heteroatoms. The Morgan fingerprint density at radius 1 is 0.743 bits per heavy atom. The van der Waals surface area contributed by atoms with E-state index in [1.54, 1.807) is 25.1 Å². The van der Waals surface area contributed by atoms with Crippen molar-refractivity contribution in [3.63, 3.8) is 0 Å². The van der Waals surface area contributed by atoms with Gasteiger partial charge in [0.2, 0.25) is 5.78 Å². The van der Waals surface area contributed by atoms with Gasteiger partial charge in [-0.25, -0.2) is 4.99 Å². The second-order valence-electron chi connectivity index (χ2n) is 7.60. The molecule has 0 fully saturated rings. The molecule has 0 unspecified atom stereocenters. The number of rotatable bonds is 5. The van der Waals surface area contributed by atoms with Crippen LogP contribution in [0.15, 0.2) is 82.6 Å². The molecule has 3 aromatic carbocycles. The maximum atomic E-state index is 13.1. The number of aliphatic imine (C=N–C) groups is 1. The van der Waals surface area contributed by atoms with Gasteiger partial charge in [-0.15, -0.1) is 0 Å². The fourth-order valence-corrected chi connectivity index (χ4v) is 3.87. The summed E-state index contributed by atoms with van der Waals surface area (Å²) in [4.78, 5) is 17.8. The molecule has 35 heavy (non-hydrogen) atoms. The Morgan fingerprint density at radius 3 is 1.80 bits per heavy atom. The summed E-state index contributed by atoms with van der Waals surface area (Å²) < 4.78 is 0. The highest BCUT2D eigenvalue weighted by molar-refractivity contribution is 6.33. The van der Waals surface area contributed by atoms with Gasteiger partial charge in [-0.05, 0) is 61.5 Å². The summed E-state index contributed by atoms with van der Waals surface area (Å²) in [6, 6.07) is 13.5. The third-order valence-corrected chi connectivity index (χ3v) is 6.03. The van der Waals surface area contributed by atoms with Gasteiger partial charge in [0.1, 0.15) is 17.2 Å². The number of aromatic hydroxyl groups is 3. The van der Waals surface area contributed by atoms with Crippen LogP contribution >= 0.6 is 34.8 Å². The molecule has 4 rings (SSSR count). The van der Waals surface area contributed by atoms with Crippen molar-refractivity contribution in [1.82, 2.24) is 0 Å². The Labute approximate surface area is 215 Å². The minimum absolute atomic E-state index is 0.0753. The fourth-order valence-electron chi connectivity index (χ4n) is 3.34. The molecule has 1 aliphatic rings. The van der Waals surface area contributed by atoms with Gasteiger partial charge in [-0.2, -0.15) is 0 Å². The number of allylic oxidation sites excluding steroid dienone is 2. The van der Waals surface area contributed by atoms with Crippen LogP contribution in [0.25, 0.3) is 0 Å². The van der Waals surface area contributed by atoms with E-state index < -0.39 is 0 Å². The number of phenolic OH excluding ortho intramolecular Hbond substituents is 3. The molecular weight excluding hydrogens is 513 g/mol. The molecule has 5 N–H and O–H groups in total. The SMILES string of the molecule is CC1=C(Nc2ccc(O)c(Cl)c2)C(=O)C=C(Nc2ccc(O)c(Cl)c2)/C1=N\c1ccc(O)c(Cl)c1. The molecule has 0 saturated heterocycles. The first-order valence-electron chi connectivity index (χ1n) is 10.2. The summed E-state index contributed by atoms with van der Waals surface area (Å²) in [6.45, 7) is 1.72. The predicted molar refractivity (Wildman–Crippen MR) is 139 cm³/mol. The Hall–Kier alpha value is -3.65. The monoisotopic (exact) mass is 529 g/mol. The van der Waals surface area contributed by atoms with E-state index in [2.05, 4.69) is 15.6 Å². The van der Waals surface area contributed by atoms with Crippen LogP contribution in [-0.2, 0) is 4.79 Å². The van der Waals surface area contributed by atoms with Gasteiger partial charge >= 0.3 is 0 Å². The van der Waals surface area contributed by atoms with Crippen LogP contribution in [-0.4, -0.2) is 26.8 Å². The summed E-state index contributed by atoms with van der Waals surface area (Å²) in [5, 5.41) is 35.7. The minimum Gasteiger partial charge on any atom is -0.506 e. The molecule has 178 valence electrons. The van der Waals surface area contributed by atoms with Crippen LogP contribution in [0.5, 0.6) is 17.2 Å². The maximum Gasteiger partial charge on any atom is 0.204 e. The predicted octanol–water partition coefficient (Wildman–Crippen LogP) is 6.80. The Kier molecular flexibility index (Phi) is 6.93. The molecule has 0 aromatic heterocycles. The first-order valence-corrected chi connectivity index (χ1v) is 11.3. The van der Waals surface area contributed by atoms with Crippen LogP contribution in [0.1, 0.15) is 6.92 Å². The van der Waals surface area contributed by atoms with Crippen molar-refractivity contribution in [2.24, 2.45) is 4.99 Å². The molecule has 3 aromatic rings. The fraction of sp³-hybridized carbons (Fsp3) is 0.0400. The molecule has 0 radical (unpaired) electrons. The quantitative estimate of drug-likeness (QED) is 0.183. The van der Waals surface area contributed by atoms with E-state index in [4.69, 9.17) is 34.8 Å². The number of ketones is 1. The molecule has 0 amide bonds. The zero-order chi connectivity index (χ0) is 25.3. The van der Waals surface area contributed by atoms with E-state index in [-0.39, 0.29) is 43.8 Å². The zero-order valence-corrected chi connectivity index (χ0v) is 20.4. The van der Waals surface area contributed by atoms with E-state index in [0.717, 1.165) is 0 Å². The Morgan fingerprint density at radius 2 is 1.26 bits per heavy atom. The number of nitrogens with one attached hydrogen (secondary N) is 2.